The molecule has 0 fully saturated rings. The number of amides is 1. The van der Waals surface area contributed by atoms with Gasteiger partial charge in [0, 0.05) is 12.3 Å². The molecule has 2 N–H and O–H groups in total. The van der Waals surface area contributed by atoms with E-state index in [4.69, 9.17) is 16.3 Å². The van der Waals surface area contributed by atoms with Crippen LogP contribution in [0.25, 0.3) is 5.69 Å². The molecule has 0 aliphatic carbocycles. The Morgan fingerprint density at radius 2 is 2.00 bits per heavy atom. The van der Waals surface area contributed by atoms with Crippen LogP contribution in [-0.4, -0.2) is 32.7 Å². The van der Waals surface area contributed by atoms with Gasteiger partial charge >= 0.3 is 5.97 Å². The zero-order chi connectivity index (χ0) is 20.1. The third-order valence-corrected chi connectivity index (χ3v) is 4.19. The van der Waals surface area contributed by atoms with E-state index in [9.17, 15) is 14.4 Å². The van der Waals surface area contributed by atoms with Crippen LogP contribution in [0.15, 0.2) is 59.5 Å². The van der Waals surface area contributed by atoms with Gasteiger partial charge in [0.2, 0.25) is 0 Å². The van der Waals surface area contributed by atoms with Crippen LogP contribution >= 0.6 is 11.6 Å². The van der Waals surface area contributed by atoms with E-state index in [1.807, 2.05) is 6.07 Å². The normalized spacial score (nSPS) is 11.6. The molecule has 1 aromatic carbocycles. The van der Waals surface area contributed by atoms with Crippen LogP contribution in [0.1, 0.15) is 23.7 Å². The monoisotopic (exact) mass is 400 g/mol. The number of carbonyl (C=O) groups is 2. The van der Waals surface area contributed by atoms with Crippen molar-refractivity contribution in [2.45, 2.75) is 19.4 Å². The second-order valence-corrected chi connectivity index (χ2v) is 6.17. The van der Waals surface area contributed by atoms with Crippen molar-refractivity contribution in [3.8, 4) is 5.69 Å². The minimum Gasteiger partial charge on any atom is -0.449 e. The number of halogens is 1. The first-order valence-corrected chi connectivity index (χ1v) is 8.87. The fourth-order valence-electron chi connectivity index (χ4n) is 2.50. The smallest absolute Gasteiger partial charge is 0.342 e. The van der Waals surface area contributed by atoms with Gasteiger partial charge in [-0.15, -0.1) is 0 Å². The Kier molecular flexibility index (Phi) is 5.90. The maximum absolute atomic E-state index is 12.5. The van der Waals surface area contributed by atoms with Crippen LogP contribution in [0.5, 0.6) is 0 Å². The second kappa shape index (κ2) is 8.53. The van der Waals surface area contributed by atoms with Gasteiger partial charge in [0.15, 0.2) is 6.10 Å². The first-order chi connectivity index (χ1) is 13.5. The van der Waals surface area contributed by atoms with Gasteiger partial charge in [-0.05, 0) is 30.7 Å². The number of ether oxygens (including phenoxy) is 1. The lowest BCUT2D eigenvalue weighted by atomic mass is 10.2. The topological polar surface area (TPSA) is 106 Å². The minimum absolute atomic E-state index is 0.00738. The van der Waals surface area contributed by atoms with Crippen molar-refractivity contribution in [1.29, 1.82) is 0 Å². The lowest BCUT2D eigenvalue weighted by Gasteiger charge is -2.15. The number of hydrogen-bond donors (Lipinski definition) is 2. The van der Waals surface area contributed by atoms with Crippen LogP contribution in [0.2, 0.25) is 5.15 Å². The molecule has 0 radical (unpaired) electrons. The van der Waals surface area contributed by atoms with E-state index in [-0.39, 0.29) is 28.5 Å². The second-order valence-electron chi connectivity index (χ2n) is 5.81. The molecule has 8 nitrogen and oxygen atoms in total. The summed E-state index contributed by atoms with van der Waals surface area (Å²) in [5.41, 5.74) is 0.352. The van der Waals surface area contributed by atoms with Gasteiger partial charge in [-0.1, -0.05) is 36.7 Å². The molecular weight excluding hydrogens is 384 g/mol. The van der Waals surface area contributed by atoms with Crippen LogP contribution in [0, 0.1) is 0 Å². The van der Waals surface area contributed by atoms with Crippen molar-refractivity contribution in [2.24, 2.45) is 0 Å². The summed E-state index contributed by atoms with van der Waals surface area (Å²) in [5, 5.41) is 5.35. The highest BCUT2D eigenvalue weighted by Gasteiger charge is 2.24. The summed E-state index contributed by atoms with van der Waals surface area (Å²) in [6.07, 6.45) is 0.614. The number of pyridine rings is 1. The first-order valence-electron chi connectivity index (χ1n) is 8.49. The Morgan fingerprint density at radius 3 is 2.68 bits per heavy atom. The average Bonchev–Trinajstić information content (AvgIpc) is 3.06. The largest absolute Gasteiger partial charge is 0.449 e. The molecule has 0 bridgehead atoms. The molecule has 0 saturated carbocycles. The average molecular weight is 401 g/mol. The number of nitrogens with zero attached hydrogens (tertiary/aromatic N) is 2. The highest BCUT2D eigenvalue weighted by molar-refractivity contribution is 6.32. The van der Waals surface area contributed by atoms with E-state index < -0.39 is 18.0 Å². The number of carbonyl (C=O) groups excluding carboxylic acids is 2. The SMILES string of the molecule is CCC(OC(=O)c1cccnc1Cl)C(=O)Nc1cc(=O)n(-c2ccccc2)[nH]1. The quantitative estimate of drug-likeness (QED) is 0.489. The third kappa shape index (κ3) is 4.29. The number of esters is 1. The molecular formula is C19H17ClN4O4. The van der Waals surface area contributed by atoms with Gasteiger partial charge in [-0.3, -0.25) is 14.7 Å². The van der Waals surface area contributed by atoms with E-state index in [1.54, 1.807) is 37.3 Å². The number of H-pyrrole nitrogens is 1. The Bertz CT molecular complexity index is 1050. The predicted octanol–water partition coefficient (Wildman–Crippen LogP) is 2.79. The minimum atomic E-state index is -1.06. The zero-order valence-electron chi connectivity index (χ0n) is 14.9. The van der Waals surface area contributed by atoms with Crippen molar-refractivity contribution in [3.63, 3.8) is 0 Å². The van der Waals surface area contributed by atoms with Crippen molar-refractivity contribution >= 4 is 29.3 Å². The lowest BCUT2D eigenvalue weighted by Crippen LogP contribution is -2.32. The van der Waals surface area contributed by atoms with E-state index in [2.05, 4.69) is 15.4 Å². The molecule has 9 heteroatoms. The lowest BCUT2D eigenvalue weighted by molar-refractivity contribution is -0.124. The number of hydrogen-bond acceptors (Lipinski definition) is 5. The maximum atomic E-state index is 12.5. The van der Waals surface area contributed by atoms with Crippen LogP contribution in [-0.2, 0) is 9.53 Å². The molecule has 144 valence electrons. The number of aromatic nitrogens is 3. The summed E-state index contributed by atoms with van der Waals surface area (Å²) in [7, 11) is 0. The summed E-state index contributed by atoms with van der Waals surface area (Å²) in [6, 6.07) is 13.1. The zero-order valence-corrected chi connectivity index (χ0v) is 15.6. The van der Waals surface area contributed by atoms with Gasteiger partial charge in [0.05, 0.1) is 11.3 Å². The van der Waals surface area contributed by atoms with Crippen molar-refractivity contribution in [2.75, 3.05) is 5.32 Å². The Labute approximate surface area is 165 Å². The number of rotatable bonds is 6. The van der Waals surface area contributed by atoms with Gasteiger partial charge < -0.3 is 10.1 Å². The number of anilines is 1. The number of benzene rings is 1. The number of nitrogens with one attached hydrogen (secondary N) is 2. The Balaban J connectivity index is 1.72. The standard InChI is InChI=1S/C19H17ClN4O4/c1-2-14(28-19(27)13-9-6-10-21-17(13)20)18(26)22-15-11-16(25)24(23-15)12-7-4-3-5-8-12/h3-11,14,23H,2H2,1H3,(H,22,26). The predicted molar refractivity (Wildman–Crippen MR) is 104 cm³/mol. The van der Waals surface area contributed by atoms with Crippen LogP contribution in [0.3, 0.4) is 0 Å². The molecule has 3 aromatic rings. The Hall–Kier alpha value is -3.39. The fourth-order valence-corrected chi connectivity index (χ4v) is 2.69. The molecule has 2 aromatic heterocycles. The third-order valence-electron chi connectivity index (χ3n) is 3.88. The molecule has 0 aliphatic rings. The molecule has 3 rings (SSSR count). The summed E-state index contributed by atoms with van der Waals surface area (Å²) < 4.78 is 6.54. The maximum Gasteiger partial charge on any atom is 0.342 e. The summed E-state index contributed by atoms with van der Waals surface area (Å²) in [5.74, 6) is -1.14. The van der Waals surface area contributed by atoms with Gasteiger partial charge in [0.25, 0.3) is 11.5 Å². The fraction of sp³-hybridized carbons (Fsp3) is 0.158. The molecule has 1 atom stereocenters. The molecule has 0 saturated heterocycles. The Morgan fingerprint density at radius 1 is 1.25 bits per heavy atom. The molecule has 28 heavy (non-hydrogen) atoms. The summed E-state index contributed by atoms with van der Waals surface area (Å²) >= 11 is 5.88. The van der Waals surface area contributed by atoms with Crippen molar-refractivity contribution in [3.05, 3.63) is 75.8 Å². The molecule has 1 amide bonds. The highest BCUT2D eigenvalue weighted by atomic mass is 35.5. The molecule has 0 aliphatic heterocycles. The molecule has 2 heterocycles. The summed E-state index contributed by atoms with van der Waals surface area (Å²) in [6.45, 7) is 1.69. The number of aromatic amines is 1. The van der Waals surface area contributed by atoms with E-state index in [1.165, 1.54) is 23.0 Å². The van der Waals surface area contributed by atoms with Crippen LogP contribution in [0.4, 0.5) is 5.82 Å². The van der Waals surface area contributed by atoms with E-state index in [0.29, 0.717) is 5.69 Å². The van der Waals surface area contributed by atoms with Crippen molar-refractivity contribution in [1.82, 2.24) is 14.8 Å². The number of para-hydroxylation sites is 1. The van der Waals surface area contributed by atoms with Crippen molar-refractivity contribution < 1.29 is 14.3 Å². The van der Waals surface area contributed by atoms with Gasteiger partial charge in [-0.25, -0.2) is 14.5 Å². The van der Waals surface area contributed by atoms with E-state index in [0.717, 1.165) is 0 Å². The first kappa shape index (κ1) is 19.4. The highest BCUT2D eigenvalue weighted by Crippen LogP contribution is 2.15. The van der Waals surface area contributed by atoms with Gasteiger partial charge in [-0.2, -0.15) is 0 Å². The van der Waals surface area contributed by atoms with E-state index >= 15 is 0 Å². The molecule has 0 spiro atoms. The molecule has 1 unspecified atom stereocenters. The van der Waals surface area contributed by atoms with Gasteiger partial charge in [0.1, 0.15) is 11.0 Å². The summed E-state index contributed by atoms with van der Waals surface area (Å²) in [4.78, 5) is 40.7. The van der Waals surface area contributed by atoms with Crippen LogP contribution < -0.4 is 10.9 Å².